The largest absolute Gasteiger partial charge is 0.508 e. The molecule has 4 saturated heterocycles. The number of hydrogen-bond acceptors (Lipinski definition) is 20. The summed E-state index contributed by atoms with van der Waals surface area (Å²) in [6, 6.07) is 66.5. The first-order chi connectivity index (χ1) is 56.4. The standard InChI is InChI=1S/C57H64FNO12Si.C36H36FNO7S/c1-35(60)65-34-50-53(67-36(2)61)55(69-38(4)63)54(68-37(3)62)52(70-50)42-22-20-40(21-23-42)43-26-29-46(49(32-43)66-33-39-16-12-10-13-17-39)51-47(56(64)59(51)45-18-14-11-15-19-45)30-31-48(41-24-27-44(58)28-25-41)71-72(8,9)57(5,6)7;37-24-13-10-21(11-14-24)28(40)17-16-27-31(38(36(27)46)25-4-2-1-3-5-25)26-15-12-23(18-29(26)41)20-6-8-22(9-7-20)35-34(44)33(43)32(42)30(19-39)45-35/h10-29,32,47-48,50-55H,30-31,33-34H2,1-9H3;1-15,18,27-28,30-35,39-44H,16-17,19H2/t47-,48+,50-,51-,52?,53-,54+,55+;27-,28+,30-,31-,32-,33+,34-,35?/m11/s1. The molecule has 4 aliphatic rings. The number of aliphatic hydroxyl groups excluding tert-OH is 5. The Morgan fingerprint density at radius 3 is 1.56 bits per heavy atom. The number of esters is 4. The van der Waals surface area contributed by atoms with Crippen LogP contribution in [0.4, 0.5) is 20.2 Å². The molecule has 0 saturated carbocycles. The molecule has 4 heterocycles. The second kappa shape index (κ2) is 38.1. The molecule has 13 rings (SSSR count). The molecule has 0 aromatic heterocycles. The van der Waals surface area contributed by atoms with Crippen molar-refractivity contribution in [1.82, 2.24) is 0 Å². The number of carbonyl (C=O) groups is 5. The molecule has 16 atom stereocenters. The molecule has 6 N–H and O–H groups in total. The first-order valence-electron chi connectivity index (χ1n) is 39.5. The maximum atomic E-state index is 14.5. The van der Waals surface area contributed by atoms with Gasteiger partial charge in [-0.1, -0.05) is 197 Å². The van der Waals surface area contributed by atoms with E-state index < -0.39 is 118 Å². The van der Waals surface area contributed by atoms with Gasteiger partial charge in [-0.15, -0.1) is 0 Å². The molecule has 2 unspecified atom stereocenters. The summed E-state index contributed by atoms with van der Waals surface area (Å²) in [4.78, 5) is 68.4. The summed E-state index contributed by atoms with van der Waals surface area (Å²) in [5, 5.41) is 62.4. The summed E-state index contributed by atoms with van der Waals surface area (Å²) < 4.78 is 75.8. The molecule has 620 valence electrons. The third-order valence-corrected chi connectivity index (χ3v) is 27.7. The minimum Gasteiger partial charge on any atom is -0.508 e. The Morgan fingerprint density at radius 1 is 0.534 bits per heavy atom. The molecule has 0 radical (unpaired) electrons. The van der Waals surface area contributed by atoms with Gasteiger partial charge in [0.2, 0.25) is 5.91 Å². The van der Waals surface area contributed by atoms with Crippen molar-refractivity contribution in [2.24, 2.45) is 11.8 Å². The summed E-state index contributed by atoms with van der Waals surface area (Å²) in [5.41, 5.74) is 9.83. The van der Waals surface area contributed by atoms with Crippen LogP contribution in [0.5, 0.6) is 11.5 Å². The van der Waals surface area contributed by atoms with Gasteiger partial charge in [0.1, 0.15) is 79.1 Å². The van der Waals surface area contributed by atoms with Crippen molar-refractivity contribution in [1.29, 1.82) is 0 Å². The van der Waals surface area contributed by atoms with E-state index in [2.05, 4.69) is 33.9 Å². The predicted octanol–water partition coefficient (Wildman–Crippen LogP) is 15.8. The highest BCUT2D eigenvalue weighted by Gasteiger charge is 2.54. The molecule has 0 spiro atoms. The average Bonchev–Trinajstić information content (AvgIpc) is 0.735. The molecule has 4 aliphatic heterocycles. The Labute approximate surface area is 691 Å². The number of β-lactam (4-membered cyclic amide) rings is 1. The molecule has 118 heavy (non-hydrogen) atoms. The molecule has 9 aromatic carbocycles. The van der Waals surface area contributed by atoms with Crippen LogP contribution in [-0.2, 0) is 63.4 Å². The van der Waals surface area contributed by atoms with Crippen molar-refractivity contribution in [2.75, 3.05) is 23.0 Å². The third-order valence-electron chi connectivity index (χ3n) is 22.7. The molecular formula is C93H100F2N2O19SSi. The van der Waals surface area contributed by atoms with Crippen molar-refractivity contribution < 1.29 is 101 Å². The minimum atomic E-state index is -2.32. The second-order valence-corrected chi connectivity index (χ2v) is 36.9. The SMILES string of the molecule is CC(=O)OC[C@H]1OC(c2ccc(-c3ccc([C@@H]4[C@@H](CC[C@H](O[Si](C)(C)C(C)(C)C)c5ccc(F)cc5)C(=O)N4c4ccccc4)c(OCc4ccccc4)c3)cc2)[C@H](OC(C)=O)[C@@H](OC(C)=O)[C@@H]1OC(C)=O.OC[C@H]1OC(c2ccc(-c3ccc([C@@H]4[C@@H](CC[C@H](O)c5ccc(F)cc5)C(=S)N4c4ccccc4)c(O)c3)cc2)[C@H](O)[C@@H](O)[C@@H]1O. The van der Waals surface area contributed by atoms with Crippen LogP contribution in [0.3, 0.4) is 0 Å². The van der Waals surface area contributed by atoms with Crippen LogP contribution >= 0.6 is 12.2 Å². The number of amides is 1. The summed E-state index contributed by atoms with van der Waals surface area (Å²) in [6.45, 7) is 15.1. The lowest BCUT2D eigenvalue weighted by Gasteiger charge is -2.50. The number of phenolic OH excluding ortho intramolecular Hbond substituents is 1. The zero-order chi connectivity index (χ0) is 84.4. The van der Waals surface area contributed by atoms with Crippen LogP contribution in [0.25, 0.3) is 22.3 Å². The van der Waals surface area contributed by atoms with E-state index in [0.717, 1.165) is 55.3 Å². The molecule has 9 aromatic rings. The fourth-order valence-corrected chi connectivity index (χ4v) is 17.3. The van der Waals surface area contributed by atoms with E-state index in [9.17, 15) is 63.4 Å². The summed E-state index contributed by atoms with van der Waals surface area (Å²) >= 11 is 5.86. The number of phenols is 1. The van der Waals surface area contributed by atoms with Crippen LogP contribution in [-0.4, -0.2) is 136 Å². The van der Waals surface area contributed by atoms with Crippen LogP contribution in [0.15, 0.2) is 224 Å². The topological polar surface area (TPSA) is 287 Å². The van der Waals surface area contributed by atoms with Crippen LogP contribution in [0, 0.1) is 23.5 Å². The van der Waals surface area contributed by atoms with Gasteiger partial charge >= 0.3 is 23.9 Å². The third kappa shape index (κ3) is 20.1. The molecule has 21 nitrogen and oxygen atoms in total. The number of thiocarbonyl (C=S) groups is 1. The molecular weight excluding hydrogens is 1550 g/mol. The lowest BCUT2D eigenvalue weighted by atomic mass is 9.77. The number of aromatic hydroxyl groups is 1. The van der Waals surface area contributed by atoms with Gasteiger partial charge in [-0.3, -0.25) is 24.0 Å². The van der Waals surface area contributed by atoms with Gasteiger partial charge in [-0.2, -0.15) is 0 Å². The highest BCUT2D eigenvalue weighted by atomic mass is 32.1. The average molecular weight is 1650 g/mol. The smallest absolute Gasteiger partial charge is 0.303 e. The Balaban J connectivity index is 0.000000239. The molecule has 0 aliphatic carbocycles. The van der Waals surface area contributed by atoms with E-state index in [1.165, 1.54) is 52.0 Å². The maximum absolute atomic E-state index is 14.5. The quantitative estimate of drug-likeness (QED) is 0.00917. The Bertz CT molecular complexity index is 4950. The number of anilines is 2. The van der Waals surface area contributed by atoms with E-state index >= 15 is 0 Å². The first-order valence-corrected chi connectivity index (χ1v) is 42.8. The van der Waals surface area contributed by atoms with Crippen LogP contribution < -0.4 is 14.5 Å². The number of rotatable bonds is 27. The molecule has 25 heteroatoms. The molecule has 4 fully saturated rings. The summed E-state index contributed by atoms with van der Waals surface area (Å²) in [5.74, 6) is -3.36. The van der Waals surface area contributed by atoms with Gasteiger partial charge in [-0.05, 0) is 155 Å². The fourth-order valence-electron chi connectivity index (χ4n) is 15.5. The Kier molecular flexibility index (Phi) is 28.1. The maximum Gasteiger partial charge on any atom is 0.303 e. The Hall–Kier alpha value is -10.4. The zero-order valence-corrected chi connectivity index (χ0v) is 68.9. The van der Waals surface area contributed by atoms with E-state index in [4.69, 9.17) is 49.8 Å². The minimum absolute atomic E-state index is 0.0211. The van der Waals surface area contributed by atoms with Crippen molar-refractivity contribution in [3.05, 3.63) is 275 Å². The predicted molar refractivity (Wildman–Crippen MR) is 445 cm³/mol. The molecule has 0 bridgehead atoms. The van der Waals surface area contributed by atoms with E-state index in [0.29, 0.717) is 53.7 Å². The van der Waals surface area contributed by atoms with Gasteiger partial charge in [0.05, 0.1) is 41.8 Å². The van der Waals surface area contributed by atoms with E-state index in [1.807, 2.05) is 143 Å². The van der Waals surface area contributed by atoms with Gasteiger partial charge < -0.3 is 78.0 Å². The number of aliphatic hydroxyl groups is 5. The monoisotopic (exact) mass is 1650 g/mol. The van der Waals surface area contributed by atoms with E-state index in [1.54, 1.807) is 66.7 Å². The summed E-state index contributed by atoms with van der Waals surface area (Å²) in [6.07, 6.45) is -11.4. The van der Waals surface area contributed by atoms with Gasteiger partial charge in [0.25, 0.3) is 0 Å². The number of benzene rings is 9. The van der Waals surface area contributed by atoms with Gasteiger partial charge in [0, 0.05) is 56.1 Å². The number of halogens is 2. The van der Waals surface area contributed by atoms with Gasteiger partial charge in [0.15, 0.2) is 26.6 Å². The normalized spacial score (nSPS) is 23.6. The summed E-state index contributed by atoms with van der Waals surface area (Å²) in [7, 11) is -2.32. The number of ether oxygens (including phenoxy) is 7. The fraction of sp³-hybridized carbons (Fsp3) is 0.355. The highest BCUT2D eigenvalue weighted by Crippen LogP contribution is 2.53. The van der Waals surface area contributed by atoms with Crippen molar-refractivity contribution in [3.8, 4) is 33.8 Å². The number of nitrogens with zero attached hydrogens (tertiary/aromatic N) is 2. The Morgan fingerprint density at radius 2 is 1.02 bits per heavy atom. The van der Waals surface area contributed by atoms with Crippen molar-refractivity contribution >= 4 is 66.7 Å². The van der Waals surface area contributed by atoms with Crippen molar-refractivity contribution in [3.63, 3.8) is 0 Å². The second-order valence-electron chi connectivity index (χ2n) is 31.7. The lowest BCUT2D eigenvalue weighted by molar-refractivity contribution is -0.254. The first kappa shape index (κ1) is 86.9. The molecule has 1 amide bonds. The van der Waals surface area contributed by atoms with E-state index in [-0.39, 0.29) is 59.6 Å². The zero-order valence-electron chi connectivity index (χ0n) is 67.1. The number of carbonyl (C=O) groups excluding carboxylic acids is 5. The van der Waals surface area contributed by atoms with Crippen LogP contribution in [0.2, 0.25) is 18.1 Å². The highest BCUT2D eigenvalue weighted by molar-refractivity contribution is 7.80. The lowest BCUT2D eigenvalue weighted by Crippen LogP contribution is -2.59. The number of para-hydroxylation sites is 2. The number of hydrogen-bond donors (Lipinski definition) is 6. The van der Waals surface area contributed by atoms with Crippen LogP contribution in [0.1, 0.15) is 150 Å². The van der Waals surface area contributed by atoms with Gasteiger partial charge in [-0.25, -0.2) is 8.78 Å². The van der Waals surface area contributed by atoms with Crippen molar-refractivity contribution in [2.45, 2.75) is 184 Å².